The molecule has 0 radical (unpaired) electrons. The van der Waals surface area contributed by atoms with E-state index in [2.05, 4.69) is 79.0 Å². The zero-order chi connectivity index (χ0) is 16.5. The van der Waals surface area contributed by atoms with E-state index in [0.29, 0.717) is 0 Å². The summed E-state index contributed by atoms with van der Waals surface area (Å²) in [6.45, 7) is 2.00. The summed E-state index contributed by atoms with van der Waals surface area (Å²) >= 11 is 2.30. The van der Waals surface area contributed by atoms with E-state index in [1.807, 2.05) is 37.4 Å². The average molecular weight is 426 g/mol. The molecule has 0 saturated heterocycles. The number of rotatable bonds is 3. The second kappa shape index (κ2) is 6.24. The highest BCUT2D eigenvalue weighted by Crippen LogP contribution is 2.19. The smallest absolute Gasteiger partial charge is 0.137 e. The van der Waals surface area contributed by atoms with Gasteiger partial charge in [-0.3, -0.25) is 9.83 Å². The molecule has 0 bridgehead atoms. The summed E-state index contributed by atoms with van der Waals surface area (Å²) in [5.74, 6) is 0. The number of hydrazone groups is 1. The summed E-state index contributed by atoms with van der Waals surface area (Å²) in [5, 5.41) is 6.81. The van der Waals surface area contributed by atoms with Crippen molar-refractivity contribution in [1.29, 1.82) is 0 Å². The van der Waals surface area contributed by atoms with Crippen molar-refractivity contribution < 1.29 is 0 Å². The zero-order valence-electron chi connectivity index (χ0n) is 13.1. The number of nitrogens with zero attached hydrogens (tertiary/aromatic N) is 3. The summed E-state index contributed by atoms with van der Waals surface area (Å²) in [6.07, 6.45) is 3.88. The van der Waals surface area contributed by atoms with Gasteiger partial charge in [-0.15, -0.1) is 0 Å². The van der Waals surface area contributed by atoms with Crippen molar-refractivity contribution in [2.75, 3.05) is 5.43 Å². The Morgan fingerprint density at radius 2 is 1.92 bits per heavy atom. The number of imidazole rings is 1. The fourth-order valence-electron chi connectivity index (χ4n) is 2.74. The fourth-order valence-corrected chi connectivity index (χ4v) is 3.20. The van der Waals surface area contributed by atoms with E-state index in [1.54, 1.807) is 0 Å². The van der Waals surface area contributed by atoms with Gasteiger partial charge in [0.1, 0.15) is 5.65 Å². The second-order valence-electron chi connectivity index (χ2n) is 5.59. The number of hydrogen-bond acceptors (Lipinski definition) is 3. The quantitative estimate of drug-likeness (QED) is 0.289. The minimum absolute atomic E-state index is 0.931. The molecule has 4 rings (SSSR count). The topological polar surface area (TPSA) is 41.7 Å². The Bertz CT molecular complexity index is 1070. The van der Waals surface area contributed by atoms with Crippen LogP contribution in [0.15, 0.2) is 65.9 Å². The van der Waals surface area contributed by atoms with Gasteiger partial charge < -0.3 is 0 Å². The van der Waals surface area contributed by atoms with Crippen LogP contribution in [-0.4, -0.2) is 15.6 Å². The van der Waals surface area contributed by atoms with E-state index in [9.17, 15) is 0 Å². The lowest BCUT2D eigenvalue weighted by Crippen LogP contribution is -1.96. The van der Waals surface area contributed by atoms with Crippen LogP contribution in [0.25, 0.3) is 16.4 Å². The van der Waals surface area contributed by atoms with Crippen LogP contribution in [0.1, 0.15) is 11.4 Å². The second-order valence-corrected chi connectivity index (χ2v) is 6.84. The lowest BCUT2D eigenvalue weighted by atomic mass is 10.1. The normalized spacial score (nSPS) is 11.6. The molecular weight excluding hydrogens is 411 g/mol. The molecule has 0 aliphatic carbocycles. The van der Waals surface area contributed by atoms with E-state index in [4.69, 9.17) is 0 Å². The van der Waals surface area contributed by atoms with E-state index < -0.39 is 0 Å². The van der Waals surface area contributed by atoms with Crippen LogP contribution in [-0.2, 0) is 0 Å². The fraction of sp³-hybridized carbons (Fsp3) is 0.0526. The van der Waals surface area contributed by atoms with Crippen LogP contribution in [0.4, 0.5) is 5.69 Å². The predicted octanol–water partition coefficient (Wildman–Crippen LogP) is 4.85. The Kier molecular flexibility index (Phi) is 3.93. The van der Waals surface area contributed by atoms with Crippen LogP contribution in [0.5, 0.6) is 0 Å². The predicted molar refractivity (Wildman–Crippen MR) is 108 cm³/mol. The first-order chi connectivity index (χ1) is 11.7. The maximum atomic E-state index is 4.56. The van der Waals surface area contributed by atoms with Gasteiger partial charge in [-0.2, -0.15) is 5.10 Å². The molecule has 4 aromatic rings. The van der Waals surface area contributed by atoms with Crippen molar-refractivity contribution in [1.82, 2.24) is 9.38 Å². The standard InChI is InChI=1S/C19H15IN4/c1-13-18(24-12-16(20)7-9-19(24)22-13)11-21-23-17-8-6-14-4-2-3-5-15(14)10-17/h2-12,23H,1H3. The van der Waals surface area contributed by atoms with Crippen LogP contribution in [0, 0.1) is 10.5 Å². The number of anilines is 1. The molecule has 0 unspecified atom stereocenters. The summed E-state index contributed by atoms with van der Waals surface area (Å²) in [7, 11) is 0. The summed E-state index contributed by atoms with van der Waals surface area (Å²) in [5.41, 5.74) is 6.95. The lowest BCUT2D eigenvalue weighted by molar-refractivity contribution is 1.15. The molecular formula is C19H15IN4. The third kappa shape index (κ3) is 2.87. The van der Waals surface area contributed by atoms with Crippen molar-refractivity contribution in [3.8, 4) is 0 Å². The number of fused-ring (bicyclic) bond motifs is 2. The molecule has 0 aliphatic rings. The molecule has 0 aliphatic heterocycles. The Hall–Kier alpha value is -2.41. The third-order valence-electron chi connectivity index (χ3n) is 3.93. The van der Waals surface area contributed by atoms with E-state index in [-0.39, 0.29) is 0 Å². The number of benzene rings is 2. The van der Waals surface area contributed by atoms with Gasteiger partial charge in [0.05, 0.1) is 23.3 Å². The van der Waals surface area contributed by atoms with Gasteiger partial charge >= 0.3 is 0 Å². The maximum Gasteiger partial charge on any atom is 0.137 e. The summed E-state index contributed by atoms with van der Waals surface area (Å²) in [6, 6.07) is 18.6. The first kappa shape index (κ1) is 15.1. The SMILES string of the molecule is Cc1nc2ccc(I)cn2c1C=NNc1ccc2ccccc2c1. The highest BCUT2D eigenvalue weighted by molar-refractivity contribution is 14.1. The minimum atomic E-state index is 0.931. The molecule has 0 saturated carbocycles. The summed E-state index contributed by atoms with van der Waals surface area (Å²) in [4.78, 5) is 4.56. The molecule has 0 amide bonds. The molecule has 5 heteroatoms. The van der Waals surface area contributed by atoms with Crippen LogP contribution >= 0.6 is 22.6 Å². The van der Waals surface area contributed by atoms with E-state index in [0.717, 1.165) is 26.3 Å². The van der Waals surface area contributed by atoms with E-state index in [1.165, 1.54) is 10.8 Å². The largest absolute Gasteiger partial charge is 0.297 e. The van der Waals surface area contributed by atoms with Crippen molar-refractivity contribution in [2.45, 2.75) is 6.92 Å². The molecule has 0 atom stereocenters. The van der Waals surface area contributed by atoms with Crippen molar-refractivity contribution >= 4 is 50.9 Å². The summed E-state index contributed by atoms with van der Waals surface area (Å²) < 4.78 is 3.22. The monoisotopic (exact) mass is 426 g/mol. The maximum absolute atomic E-state index is 4.56. The zero-order valence-corrected chi connectivity index (χ0v) is 15.2. The molecule has 24 heavy (non-hydrogen) atoms. The van der Waals surface area contributed by atoms with Crippen LogP contribution < -0.4 is 5.43 Å². The van der Waals surface area contributed by atoms with Gasteiger partial charge in [-0.05, 0) is 64.6 Å². The number of aromatic nitrogens is 2. The van der Waals surface area contributed by atoms with E-state index >= 15 is 0 Å². The lowest BCUT2D eigenvalue weighted by Gasteiger charge is -2.03. The van der Waals surface area contributed by atoms with Gasteiger partial charge in [0.15, 0.2) is 0 Å². The molecule has 0 spiro atoms. The molecule has 1 N–H and O–H groups in total. The first-order valence-corrected chi connectivity index (χ1v) is 8.71. The Balaban J connectivity index is 1.63. The highest BCUT2D eigenvalue weighted by atomic mass is 127. The van der Waals surface area contributed by atoms with Crippen molar-refractivity contribution in [3.63, 3.8) is 0 Å². The van der Waals surface area contributed by atoms with Gasteiger partial charge in [0.25, 0.3) is 0 Å². The number of pyridine rings is 1. The van der Waals surface area contributed by atoms with Gasteiger partial charge in [-0.1, -0.05) is 30.3 Å². The van der Waals surface area contributed by atoms with Crippen LogP contribution in [0.3, 0.4) is 0 Å². The van der Waals surface area contributed by atoms with Gasteiger partial charge in [0, 0.05) is 9.77 Å². The number of hydrogen-bond donors (Lipinski definition) is 1. The Morgan fingerprint density at radius 1 is 1.08 bits per heavy atom. The molecule has 2 aromatic heterocycles. The number of aryl methyl sites for hydroxylation is 1. The van der Waals surface area contributed by atoms with Crippen molar-refractivity contribution in [3.05, 3.63) is 75.8 Å². The molecule has 2 aromatic carbocycles. The average Bonchev–Trinajstić information content (AvgIpc) is 2.90. The molecule has 2 heterocycles. The van der Waals surface area contributed by atoms with Gasteiger partial charge in [0.2, 0.25) is 0 Å². The van der Waals surface area contributed by atoms with Crippen molar-refractivity contribution in [2.24, 2.45) is 5.10 Å². The highest BCUT2D eigenvalue weighted by Gasteiger charge is 2.06. The third-order valence-corrected chi connectivity index (χ3v) is 4.57. The molecule has 0 fully saturated rings. The molecule has 4 nitrogen and oxygen atoms in total. The number of nitrogens with one attached hydrogen (secondary N) is 1. The van der Waals surface area contributed by atoms with Gasteiger partial charge in [-0.25, -0.2) is 4.98 Å². The Morgan fingerprint density at radius 3 is 2.79 bits per heavy atom. The Labute approximate surface area is 153 Å². The molecule has 118 valence electrons. The van der Waals surface area contributed by atoms with Crippen LogP contribution in [0.2, 0.25) is 0 Å². The minimum Gasteiger partial charge on any atom is -0.297 e. The first-order valence-electron chi connectivity index (χ1n) is 7.63. The number of halogens is 1.